The van der Waals surface area contributed by atoms with Gasteiger partial charge in [-0.05, 0) is 25.7 Å². The molecule has 0 saturated carbocycles. The third-order valence-corrected chi connectivity index (χ3v) is 5.17. The lowest BCUT2D eigenvalue weighted by Gasteiger charge is -2.32. The summed E-state index contributed by atoms with van der Waals surface area (Å²) in [6, 6.07) is -4.48. The second-order valence-electron chi connectivity index (χ2n) is 7.17. The van der Waals surface area contributed by atoms with E-state index in [0.717, 1.165) is 0 Å². The first-order valence-corrected chi connectivity index (χ1v) is 9.39. The van der Waals surface area contributed by atoms with E-state index in [1.54, 1.807) is 0 Å². The van der Waals surface area contributed by atoms with E-state index in [1.807, 2.05) is 0 Å². The van der Waals surface area contributed by atoms with Crippen molar-refractivity contribution in [2.45, 2.75) is 56.3 Å². The third kappa shape index (κ3) is 5.21. The number of aliphatic carboxylic acids is 2. The first kappa shape index (κ1) is 22.6. The summed E-state index contributed by atoms with van der Waals surface area (Å²) >= 11 is 0. The Bertz CT molecular complexity index is 684. The molecule has 162 valence electrons. The second kappa shape index (κ2) is 9.65. The second-order valence-corrected chi connectivity index (χ2v) is 7.17. The normalized spacial score (nSPS) is 23.5. The molecule has 2 rings (SSSR count). The summed E-state index contributed by atoms with van der Waals surface area (Å²) < 4.78 is 0. The molecule has 12 heteroatoms. The van der Waals surface area contributed by atoms with Crippen LogP contribution >= 0.6 is 0 Å². The number of likely N-dealkylation sites (tertiary alicyclic amines) is 2. The molecule has 29 heavy (non-hydrogen) atoms. The number of hydrogen-bond acceptors (Lipinski definition) is 7. The summed E-state index contributed by atoms with van der Waals surface area (Å²) in [5, 5.41) is 29.1. The largest absolute Gasteiger partial charge is 0.481 e. The van der Waals surface area contributed by atoms with Crippen molar-refractivity contribution in [3.05, 3.63) is 0 Å². The van der Waals surface area contributed by atoms with Gasteiger partial charge in [0.05, 0.1) is 19.1 Å². The zero-order valence-electron chi connectivity index (χ0n) is 15.8. The van der Waals surface area contributed by atoms with Crippen LogP contribution in [0.3, 0.4) is 0 Å². The van der Waals surface area contributed by atoms with Crippen LogP contribution in [0.1, 0.15) is 32.1 Å². The fourth-order valence-corrected chi connectivity index (χ4v) is 3.72. The van der Waals surface area contributed by atoms with Gasteiger partial charge in [0.25, 0.3) is 0 Å². The number of hydrogen-bond donors (Lipinski definition) is 5. The molecule has 2 aliphatic heterocycles. The number of aliphatic hydroxyl groups is 1. The predicted molar refractivity (Wildman–Crippen MR) is 96.4 cm³/mol. The highest BCUT2D eigenvalue weighted by Crippen LogP contribution is 2.25. The topological polar surface area (TPSA) is 191 Å². The minimum absolute atomic E-state index is 0.263. The molecule has 0 aliphatic carbocycles. The van der Waals surface area contributed by atoms with Gasteiger partial charge in [-0.25, -0.2) is 4.79 Å². The van der Waals surface area contributed by atoms with Crippen molar-refractivity contribution in [2.75, 3.05) is 19.7 Å². The van der Waals surface area contributed by atoms with E-state index >= 15 is 0 Å². The lowest BCUT2D eigenvalue weighted by molar-refractivity contribution is -0.149. The van der Waals surface area contributed by atoms with E-state index in [1.165, 1.54) is 9.80 Å². The van der Waals surface area contributed by atoms with Crippen molar-refractivity contribution < 1.29 is 39.3 Å². The fraction of sp³-hybridized carbons (Fsp3) is 0.706. The van der Waals surface area contributed by atoms with Gasteiger partial charge in [-0.3, -0.25) is 19.2 Å². The summed E-state index contributed by atoms with van der Waals surface area (Å²) in [5.41, 5.74) is 5.65. The molecule has 6 N–H and O–H groups in total. The Morgan fingerprint density at radius 3 is 2.14 bits per heavy atom. The van der Waals surface area contributed by atoms with E-state index in [0.29, 0.717) is 25.7 Å². The van der Waals surface area contributed by atoms with Crippen LogP contribution in [0.25, 0.3) is 0 Å². The Morgan fingerprint density at radius 1 is 1.00 bits per heavy atom. The maximum absolute atomic E-state index is 13.0. The first-order chi connectivity index (χ1) is 13.7. The Labute approximate surface area is 166 Å². The summed E-state index contributed by atoms with van der Waals surface area (Å²) in [5.74, 6) is -4.38. The first-order valence-electron chi connectivity index (χ1n) is 9.39. The van der Waals surface area contributed by atoms with Crippen LogP contribution in [0.2, 0.25) is 0 Å². The van der Waals surface area contributed by atoms with Crippen molar-refractivity contribution in [2.24, 2.45) is 5.73 Å². The van der Waals surface area contributed by atoms with Gasteiger partial charge in [0.1, 0.15) is 18.1 Å². The maximum atomic E-state index is 13.0. The Morgan fingerprint density at radius 2 is 1.59 bits per heavy atom. The smallest absolute Gasteiger partial charge is 0.328 e. The average molecular weight is 414 g/mol. The number of nitrogens with one attached hydrogen (secondary N) is 1. The molecule has 0 aromatic heterocycles. The molecule has 2 aliphatic rings. The summed E-state index contributed by atoms with van der Waals surface area (Å²) in [6.07, 6.45) is 1.21. The van der Waals surface area contributed by atoms with E-state index < -0.39 is 66.9 Å². The van der Waals surface area contributed by atoms with Gasteiger partial charge in [0.2, 0.25) is 17.7 Å². The number of nitrogens with zero attached hydrogens (tertiary/aromatic N) is 2. The van der Waals surface area contributed by atoms with Gasteiger partial charge in [0.15, 0.2) is 0 Å². The van der Waals surface area contributed by atoms with Crippen LogP contribution in [0, 0.1) is 0 Å². The van der Waals surface area contributed by atoms with Crippen LogP contribution in [0.5, 0.6) is 0 Å². The van der Waals surface area contributed by atoms with Crippen molar-refractivity contribution in [1.82, 2.24) is 15.1 Å². The van der Waals surface area contributed by atoms with E-state index in [4.69, 9.17) is 21.1 Å². The average Bonchev–Trinajstić information content (AvgIpc) is 3.33. The van der Waals surface area contributed by atoms with Crippen molar-refractivity contribution >= 4 is 29.7 Å². The van der Waals surface area contributed by atoms with Crippen LogP contribution in [-0.2, 0) is 24.0 Å². The Balaban J connectivity index is 2.08. The van der Waals surface area contributed by atoms with E-state index in [9.17, 15) is 24.0 Å². The molecular formula is C17H26N4O8. The molecule has 0 spiro atoms. The quantitative estimate of drug-likeness (QED) is 0.282. The molecule has 2 heterocycles. The van der Waals surface area contributed by atoms with Gasteiger partial charge < -0.3 is 36.2 Å². The highest BCUT2D eigenvalue weighted by atomic mass is 16.4. The molecule has 0 radical (unpaired) electrons. The van der Waals surface area contributed by atoms with Gasteiger partial charge in [-0.1, -0.05) is 0 Å². The van der Waals surface area contributed by atoms with Crippen molar-refractivity contribution in [1.29, 1.82) is 0 Å². The number of nitrogens with two attached hydrogens (primary N) is 1. The van der Waals surface area contributed by atoms with Gasteiger partial charge in [-0.15, -0.1) is 0 Å². The van der Waals surface area contributed by atoms with E-state index in [2.05, 4.69) is 5.32 Å². The fourth-order valence-electron chi connectivity index (χ4n) is 3.72. The van der Waals surface area contributed by atoms with Gasteiger partial charge in [0, 0.05) is 13.1 Å². The number of carbonyl (C=O) groups excluding carboxylic acids is 3. The third-order valence-electron chi connectivity index (χ3n) is 5.17. The molecule has 2 saturated heterocycles. The summed E-state index contributed by atoms with van der Waals surface area (Å²) in [6.45, 7) is -0.250. The number of rotatable bonds is 8. The maximum Gasteiger partial charge on any atom is 0.328 e. The molecule has 3 amide bonds. The summed E-state index contributed by atoms with van der Waals surface area (Å²) in [7, 11) is 0. The van der Waals surface area contributed by atoms with Crippen LogP contribution < -0.4 is 11.1 Å². The zero-order valence-corrected chi connectivity index (χ0v) is 15.8. The molecule has 0 aromatic carbocycles. The van der Waals surface area contributed by atoms with Gasteiger partial charge in [-0.2, -0.15) is 0 Å². The highest BCUT2D eigenvalue weighted by molar-refractivity contribution is 5.95. The van der Waals surface area contributed by atoms with E-state index in [-0.39, 0.29) is 13.1 Å². The molecule has 0 bridgehead atoms. The minimum atomic E-state index is -1.47. The zero-order chi connectivity index (χ0) is 21.7. The summed E-state index contributed by atoms with van der Waals surface area (Å²) in [4.78, 5) is 62.4. The minimum Gasteiger partial charge on any atom is -0.481 e. The lowest BCUT2D eigenvalue weighted by atomic mass is 10.1. The van der Waals surface area contributed by atoms with Crippen molar-refractivity contribution in [3.63, 3.8) is 0 Å². The molecule has 2 fully saturated rings. The SMILES string of the molecule is NC(CC(=O)O)C(=O)N1CCCC1C(=O)N1CCCC1C(=O)NC(CO)C(=O)O. The number of amides is 3. The highest BCUT2D eigenvalue weighted by Gasteiger charge is 2.43. The molecule has 4 unspecified atom stereocenters. The van der Waals surface area contributed by atoms with Crippen molar-refractivity contribution in [3.8, 4) is 0 Å². The lowest BCUT2D eigenvalue weighted by Crippen LogP contribution is -2.56. The van der Waals surface area contributed by atoms with Crippen LogP contribution in [-0.4, -0.2) is 98.6 Å². The Hall–Kier alpha value is -2.73. The van der Waals surface area contributed by atoms with Crippen LogP contribution in [0.15, 0.2) is 0 Å². The number of carbonyl (C=O) groups is 5. The molecule has 4 atom stereocenters. The molecule has 12 nitrogen and oxygen atoms in total. The molecular weight excluding hydrogens is 388 g/mol. The number of aliphatic hydroxyl groups excluding tert-OH is 1. The monoisotopic (exact) mass is 414 g/mol. The Kier molecular flexibility index (Phi) is 7.51. The standard InChI is InChI=1S/C17H26N4O8/c18-9(7-13(23)24)15(26)21-6-2-4-12(21)16(27)20-5-1-3-11(20)14(25)19-10(8-22)17(28)29/h9-12,22H,1-8,18H2,(H,19,25)(H,23,24)(H,28,29). The number of carboxylic acids is 2. The number of carboxylic acid groups (broad SMARTS) is 2. The van der Waals surface area contributed by atoms with Gasteiger partial charge >= 0.3 is 11.9 Å². The van der Waals surface area contributed by atoms with Crippen LogP contribution in [0.4, 0.5) is 0 Å². The predicted octanol–water partition coefficient (Wildman–Crippen LogP) is -2.67. The molecule has 0 aromatic rings.